The predicted molar refractivity (Wildman–Crippen MR) is 155 cm³/mol. The predicted octanol–water partition coefficient (Wildman–Crippen LogP) is 2.39. The number of ether oxygens (including phenoxy) is 2. The average Bonchev–Trinajstić information content (AvgIpc) is 2.90. The van der Waals surface area contributed by atoms with Crippen molar-refractivity contribution in [1.29, 1.82) is 0 Å². The molecular formula is C30H42N4O8. The first kappa shape index (κ1) is 34.0. The van der Waals surface area contributed by atoms with Crippen molar-refractivity contribution in [2.75, 3.05) is 0 Å². The number of aliphatic hydroxyl groups excluding tert-OH is 2. The lowest BCUT2D eigenvalue weighted by Gasteiger charge is -2.19. The lowest BCUT2D eigenvalue weighted by atomic mass is 10.1. The number of aliphatic hydroxyl groups is 2. The molecule has 2 rings (SSSR count). The van der Waals surface area contributed by atoms with Gasteiger partial charge in [0.25, 0.3) is 11.8 Å². The summed E-state index contributed by atoms with van der Waals surface area (Å²) < 4.78 is 10.4. The molecular weight excluding hydrogens is 544 g/mol. The van der Waals surface area contributed by atoms with E-state index in [4.69, 9.17) is 9.47 Å². The number of hydrogen-bond donors (Lipinski definition) is 6. The van der Waals surface area contributed by atoms with Crippen LogP contribution in [0.1, 0.15) is 63.8 Å². The molecule has 0 saturated carbocycles. The van der Waals surface area contributed by atoms with E-state index in [1.807, 2.05) is 0 Å². The van der Waals surface area contributed by atoms with Crippen LogP contribution in [0.5, 0.6) is 0 Å². The Bertz CT molecular complexity index is 1110. The Labute approximate surface area is 246 Å². The van der Waals surface area contributed by atoms with Crippen LogP contribution in [0.15, 0.2) is 48.5 Å². The quantitative estimate of drug-likeness (QED) is 0.233. The van der Waals surface area contributed by atoms with Gasteiger partial charge in [0, 0.05) is 26.2 Å². The highest BCUT2D eigenvalue weighted by atomic mass is 16.6. The fourth-order valence-electron chi connectivity index (χ4n) is 3.40. The van der Waals surface area contributed by atoms with Gasteiger partial charge in [0.2, 0.25) is 0 Å². The SMILES string of the molecule is CC(C)(C)OC(=O)NCc1ccc(CNC(=O)C(O)C(O)C(=O)NCc2ccc(CNC(=O)OC(C)(C)C)cc2)cc1. The largest absolute Gasteiger partial charge is 0.444 e. The molecule has 12 nitrogen and oxygen atoms in total. The van der Waals surface area contributed by atoms with Gasteiger partial charge >= 0.3 is 12.2 Å². The maximum absolute atomic E-state index is 12.3. The van der Waals surface area contributed by atoms with Gasteiger partial charge in [-0.05, 0) is 63.8 Å². The number of carbonyl (C=O) groups is 4. The molecule has 0 saturated heterocycles. The van der Waals surface area contributed by atoms with Gasteiger partial charge in [0.1, 0.15) is 11.2 Å². The molecule has 4 amide bonds. The highest BCUT2D eigenvalue weighted by Gasteiger charge is 2.30. The molecule has 230 valence electrons. The Morgan fingerprint density at radius 3 is 1.02 bits per heavy atom. The smallest absolute Gasteiger partial charge is 0.407 e. The van der Waals surface area contributed by atoms with Gasteiger partial charge in [-0.2, -0.15) is 0 Å². The maximum Gasteiger partial charge on any atom is 0.407 e. The van der Waals surface area contributed by atoms with Crippen LogP contribution in [0.2, 0.25) is 0 Å². The molecule has 0 aromatic heterocycles. The van der Waals surface area contributed by atoms with E-state index in [9.17, 15) is 29.4 Å². The van der Waals surface area contributed by atoms with E-state index in [2.05, 4.69) is 21.3 Å². The standard InChI is InChI=1S/C30H42N4O8/c1-29(2,3)41-27(39)33-17-21-11-7-19(8-12-21)15-31-25(37)23(35)24(36)26(38)32-16-20-9-13-22(14-10-20)18-34-28(40)42-30(4,5)6/h7-14,23-24,35-36H,15-18H2,1-6H3,(H,31,37)(H,32,38)(H,33,39)(H,34,40). The summed E-state index contributed by atoms with van der Waals surface area (Å²) in [4.78, 5) is 48.2. The molecule has 0 spiro atoms. The Morgan fingerprint density at radius 2 is 0.786 bits per heavy atom. The monoisotopic (exact) mass is 586 g/mol. The molecule has 2 aromatic rings. The molecule has 2 aromatic carbocycles. The number of nitrogens with one attached hydrogen (secondary N) is 4. The van der Waals surface area contributed by atoms with E-state index in [0.29, 0.717) is 11.1 Å². The number of alkyl carbamates (subject to hydrolysis) is 2. The normalized spacial score (nSPS) is 12.9. The van der Waals surface area contributed by atoms with Crippen molar-refractivity contribution in [3.63, 3.8) is 0 Å². The van der Waals surface area contributed by atoms with Gasteiger partial charge in [-0.1, -0.05) is 48.5 Å². The zero-order valence-corrected chi connectivity index (χ0v) is 24.9. The van der Waals surface area contributed by atoms with E-state index in [0.717, 1.165) is 11.1 Å². The zero-order chi connectivity index (χ0) is 31.5. The molecule has 0 heterocycles. The van der Waals surface area contributed by atoms with Gasteiger partial charge in [-0.3, -0.25) is 9.59 Å². The topological polar surface area (TPSA) is 175 Å². The molecule has 0 aliphatic heterocycles. The third-order valence-corrected chi connectivity index (χ3v) is 5.49. The van der Waals surface area contributed by atoms with Crippen LogP contribution in [-0.4, -0.2) is 57.6 Å². The second-order valence-corrected chi connectivity index (χ2v) is 11.7. The molecule has 2 unspecified atom stereocenters. The van der Waals surface area contributed by atoms with E-state index < -0.39 is 47.4 Å². The van der Waals surface area contributed by atoms with Crippen molar-refractivity contribution in [1.82, 2.24) is 21.3 Å². The summed E-state index contributed by atoms with van der Waals surface area (Å²) in [6.07, 6.45) is -5.00. The third-order valence-electron chi connectivity index (χ3n) is 5.49. The van der Waals surface area contributed by atoms with E-state index >= 15 is 0 Å². The van der Waals surface area contributed by atoms with Crippen LogP contribution < -0.4 is 21.3 Å². The van der Waals surface area contributed by atoms with Gasteiger partial charge in [-0.15, -0.1) is 0 Å². The summed E-state index contributed by atoms with van der Waals surface area (Å²) in [7, 11) is 0. The van der Waals surface area contributed by atoms with Crippen LogP contribution in [0, 0.1) is 0 Å². The van der Waals surface area contributed by atoms with Crippen molar-refractivity contribution in [3.05, 3.63) is 70.8 Å². The first-order valence-corrected chi connectivity index (χ1v) is 13.5. The zero-order valence-electron chi connectivity index (χ0n) is 24.9. The van der Waals surface area contributed by atoms with E-state index in [1.54, 1.807) is 90.1 Å². The minimum Gasteiger partial charge on any atom is -0.444 e. The van der Waals surface area contributed by atoms with Crippen molar-refractivity contribution >= 4 is 24.0 Å². The lowest BCUT2D eigenvalue weighted by Crippen LogP contribution is -2.49. The summed E-state index contributed by atoms with van der Waals surface area (Å²) in [5.74, 6) is -1.81. The molecule has 42 heavy (non-hydrogen) atoms. The summed E-state index contributed by atoms with van der Waals surface area (Å²) in [5, 5.41) is 30.6. The van der Waals surface area contributed by atoms with Crippen molar-refractivity contribution in [2.45, 2.75) is 91.1 Å². The molecule has 0 fully saturated rings. The maximum atomic E-state index is 12.3. The summed E-state index contributed by atoms with van der Waals surface area (Å²) in [6, 6.07) is 14.0. The fraction of sp³-hybridized carbons (Fsp3) is 0.467. The summed E-state index contributed by atoms with van der Waals surface area (Å²) >= 11 is 0. The van der Waals surface area contributed by atoms with Crippen LogP contribution in [-0.2, 0) is 45.2 Å². The molecule has 12 heteroatoms. The Balaban J connectivity index is 1.74. The highest BCUT2D eigenvalue weighted by molar-refractivity contribution is 5.90. The van der Waals surface area contributed by atoms with Gasteiger partial charge < -0.3 is 41.0 Å². The van der Waals surface area contributed by atoms with E-state index in [1.165, 1.54) is 0 Å². The Hall–Kier alpha value is -4.16. The third kappa shape index (κ3) is 13.0. The van der Waals surface area contributed by atoms with Crippen LogP contribution in [0.3, 0.4) is 0 Å². The lowest BCUT2D eigenvalue weighted by molar-refractivity contribution is -0.146. The molecule has 0 aliphatic carbocycles. The van der Waals surface area contributed by atoms with Gasteiger partial charge in [-0.25, -0.2) is 9.59 Å². The average molecular weight is 587 g/mol. The molecule has 0 aliphatic rings. The highest BCUT2D eigenvalue weighted by Crippen LogP contribution is 2.10. The summed E-state index contributed by atoms with van der Waals surface area (Å²) in [5.41, 5.74) is 1.86. The van der Waals surface area contributed by atoms with Crippen LogP contribution in [0.25, 0.3) is 0 Å². The summed E-state index contributed by atoms with van der Waals surface area (Å²) in [6.45, 7) is 11.3. The first-order chi connectivity index (χ1) is 19.5. The molecule has 6 N–H and O–H groups in total. The van der Waals surface area contributed by atoms with Crippen LogP contribution >= 0.6 is 0 Å². The number of benzene rings is 2. The second kappa shape index (κ2) is 15.2. The number of carbonyl (C=O) groups excluding carboxylic acids is 4. The minimum absolute atomic E-state index is 0.0547. The number of amides is 4. The first-order valence-electron chi connectivity index (χ1n) is 13.5. The number of hydrogen-bond acceptors (Lipinski definition) is 8. The van der Waals surface area contributed by atoms with Gasteiger partial charge in [0.15, 0.2) is 12.2 Å². The Morgan fingerprint density at radius 1 is 0.548 bits per heavy atom. The van der Waals surface area contributed by atoms with E-state index in [-0.39, 0.29) is 26.2 Å². The van der Waals surface area contributed by atoms with Gasteiger partial charge in [0.05, 0.1) is 0 Å². The van der Waals surface area contributed by atoms with Crippen LogP contribution in [0.4, 0.5) is 9.59 Å². The molecule has 0 bridgehead atoms. The fourth-order valence-corrected chi connectivity index (χ4v) is 3.40. The second-order valence-electron chi connectivity index (χ2n) is 11.7. The van der Waals surface area contributed by atoms with Crippen molar-refractivity contribution in [2.24, 2.45) is 0 Å². The number of rotatable bonds is 11. The van der Waals surface area contributed by atoms with Crippen molar-refractivity contribution in [3.8, 4) is 0 Å². The molecule has 0 radical (unpaired) electrons. The molecule has 2 atom stereocenters. The Kier molecular flexibility index (Phi) is 12.3. The minimum atomic E-state index is -1.97. The van der Waals surface area contributed by atoms with Crippen molar-refractivity contribution < 1.29 is 38.9 Å².